The number of nitrogens with zero attached hydrogens (tertiary/aromatic N) is 2. The maximum absolute atomic E-state index is 13.2. The Hall–Kier alpha value is -3.19. The molecular formula is C27H24Cl3N3O3. The van der Waals surface area contributed by atoms with Gasteiger partial charge in [0.05, 0.1) is 30.7 Å². The molecule has 0 unspecified atom stereocenters. The second kappa shape index (κ2) is 11.2. The average Bonchev–Trinajstić information content (AvgIpc) is 3.13. The first kappa shape index (κ1) is 25.9. The molecule has 1 heterocycles. The average molecular weight is 545 g/mol. The quantitative estimate of drug-likeness (QED) is 0.252. The van der Waals surface area contributed by atoms with Crippen LogP contribution in [0.1, 0.15) is 32.9 Å². The van der Waals surface area contributed by atoms with E-state index in [-0.39, 0.29) is 12.5 Å². The number of methoxy groups -OCH3 is 1. The largest absolute Gasteiger partial charge is 0.496 e. The Balaban J connectivity index is 1.53. The van der Waals surface area contributed by atoms with E-state index < -0.39 is 0 Å². The number of carbonyl (C=O) groups is 1. The summed E-state index contributed by atoms with van der Waals surface area (Å²) in [6.45, 7) is 4.34. The molecule has 0 saturated carbocycles. The number of anilines is 1. The monoisotopic (exact) mass is 543 g/mol. The first-order chi connectivity index (χ1) is 17.3. The van der Waals surface area contributed by atoms with Crippen molar-refractivity contribution in [1.82, 2.24) is 9.78 Å². The van der Waals surface area contributed by atoms with Crippen LogP contribution in [0.5, 0.6) is 11.5 Å². The number of ether oxygens (including phenoxy) is 2. The van der Waals surface area contributed by atoms with Crippen molar-refractivity contribution in [2.24, 2.45) is 0 Å². The fourth-order valence-corrected chi connectivity index (χ4v) is 4.42. The first-order valence-electron chi connectivity index (χ1n) is 11.1. The number of benzene rings is 3. The molecule has 0 saturated heterocycles. The van der Waals surface area contributed by atoms with Gasteiger partial charge in [-0.3, -0.25) is 9.48 Å². The van der Waals surface area contributed by atoms with Crippen LogP contribution in [-0.2, 0) is 13.2 Å². The lowest BCUT2D eigenvalue weighted by Crippen LogP contribution is -2.14. The molecule has 1 amide bonds. The van der Waals surface area contributed by atoms with E-state index in [0.29, 0.717) is 50.1 Å². The summed E-state index contributed by atoms with van der Waals surface area (Å²) >= 11 is 18.6. The summed E-state index contributed by atoms with van der Waals surface area (Å²) in [5.41, 5.74) is 4.08. The Bertz CT molecular complexity index is 1380. The van der Waals surface area contributed by atoms with Crippen LogP contribution in [0.25, 0.3) is 0 Å². The second-order valence-electron chi connectivity index (χ2n) is 8.13. The van der Waals surface area contributed by atoms with E-state index in [9.17, 15) is 4.79 Å². The van der Waals surface area contributed by atoms with Crippen molar-refractivity contribution in [3.05, 3.63) is 104 Å². The van der Waals surface area contributed by atoms with Crippen LogP contribution in [0.4, 0.5) is 5.69 Å². The highest BCUT2D eigenvalue weighted by Crippen LogP contribution is 2.28. The minimum absolute atomic E-state index is 0.223. The van der Waals surface area contributed by atoms with Gasteiger partial charge in [-0.15, -0.1) is 0 Å². The maximum Gasteiger partial charge on any atom is 0.255 e. The number of aromatic nitrogens is 2. The smallest absolute Gasteiger partial charge is 0.255 e. The first-order valence-corrected chi connectivity index (χ1v) is 12.2. The van der Waals surface area contributed by atoms with Crippen molar-refractivity contribution in [2.75, 3.05) is 12.4 Å². The van der Waals surface area contributed by atoms with Crippen LogP contribution in [-0.4, -0.2) is 22.8 Å². The molecular weight excluding hydrogens is 521 g/mol. The summed E-state index contributed by atoms with van der Waals surface area (Å²) in [6.07, 6.45) is 0. The standard InChI is InChI=1S/C27H24Cl3N3O3/c1-16-26(17(2)33(32-16)14-22-23(29)5-4-6-24(22)30)31-27(34)18-7-12-25(35-3)19(13-18)15-36-21-10-8-20(28)9-11-21/h4-13H,14-15H2,1-3H3,(H,31,34). The molecule has 0 radical (unpaired) electrons. The lowest BCUT2D eigenvalue weighted by atomic mass is 10.1. The van der Waals surface area contributed by atoms with Gasteiger partial charge in [-0.05, 0) is 68.4 Å². The Morgan fingerprint density at radius 3 is 2.36 bits per heavy atom. The van der Waals surface area contributed by atoms with Crippen LogP contribution < -0.4 is 14.8 Å². The molecule has 0 aliphatic heterocycles. The van der Waals surface area contributed by atoms with E-state index in [1.54, 1.807) is 72.5 Å². The van der Waals surface area contributed by atoms with Crippen molar-refractivity contribution < 1.29 is 14.3 Å². The van der Waals surface area contributed by atoms with Gasteiger partial charge in [0.2, 0.25) is 0 Å². The molecule has 9 heteroatoms. The van der Waals surface area contributed by atoms with Gasteiger partial charge < -0.3 is 14.8 Å². The van der Waals surface area contributed by atoms with Crippen molar-refractivity contribution in [3.63, 3.8) is 0 Å². The van der Waals surface area contributed by atoms with Gasteiger partial charge >= 0.3 is 0 Å². The van der Waals surface area contributed by atoms with Crippen LogP contribution in [0.2, 0.25) is 15.1 Å². The number of amides is 1. The van der Waals surface area contributed by atoms with Gasteiger partial charge in [0, 0.05) is 31.8 Å². The van der Waals surface area contributed by atoms with E-state index in [4.69, 9.17) is 44.3 Å². The number of hydrogen-bond acceptors (Lipinski definition) is 4. The molecule has 6 nitrogen and oxygen atoms in total. The predicted molar refractivity (Wildman–Crippen MR) is 144 cm³/mol. The molecule has 1 N–H and O–H groups in total. The number of hydrogen-bond donors (Lipinski definition) is 1. The molecule has 4 aromatic rings. The number of aryl methyl sites for hydroxylation is 1. The lowest BCUT2D eigenvalue weighted by Gasteiger charge is -2.13. The molecule has 0 atom stereocenters. The molecule has 0 aliphatic rings. The van der Waals surface area contributed by atoms with E-state index in [2.05, 4.69) is 10.4 Å². The summed E-state index contributed by atoms with van der Waals surface area (Å²) in [5.74, 6) is 1.01. The van der Waals surface area contributed by atoms with Crippen molar-refractivity contribution in [2.45, 2.75) is 27.0 Å². The fourth-order valence-electron chi connectivity index (χ4n) is 3.78. The van der Waals surface area contributed by atoms with Crippen LogP contribution in [0.3, 0.4) is 0 Å². The Morgan fingerprint density at radius 2 is 1.69 bits per heavy atom. The number of halogens is 3. The van der Waals surface area contributed by atoms with Gasteiger partial charge in [-0.1, -0.05) is 40.9 Å². The fraction of sp³-hybridized carbons (Fsp3) is 0.185. The Morgan fingerprint density at radius 1 is 1.00 bits per heavy atom. The van der Waals surface area contributed by atoms with Crippen molar-refractivity contribution in [1.29, 1.82) is 0 Å². The Labute approximate surface area is 224 Å². The third-order valence-corrected chi connectivity index (χ3v) is 6.70. The van der Waals surface area contributed by atoms with Crippen LogP contribution in [0.15, 0.2) is 60.7 Å². The van der Waals surface area contributed by atoms with Gasteiger partial charge in [0.25, 0.3) is 5.91 Å². The third-order valence-electron chi connectivity index (χ3n) is 5.74. The number of nitrogens with one attached hydrogen (secondary N) is 1. The minimum Gasteiger partial charge on any atom is -0.496 e. The highest BCUT2D eigenvalue weighted by Gasteiger charge is 2.18. The molecule has 0 bridgehead atoms. The van der Waals surface area contributed by atoms with Crippen molar-refractivity contribution in [3.8, 4) is 11.5 Å². The summed E-state index contributed by atoms with van der Waals surface area (Å²) in [4.78, 5) is 13.2. The summed E-state index contributed by atoms with van der Waals surface area (Å²) < 4.78 is 13.1. The number of carbonyl (C=O) groups excluding carboxylic acids is 1. The summed E-state index contributed by atoms with van der Waals surface area (Å²) in [6, 6.07) is 17.6. The van der Waals surface area contributed by atoms with E-state index in [1.807, 2.05) is 13.8 Å². The molecule has 0 aliphatic carbocycles. The van der Waals surface area contributed by atoms with E-state index >= 15 is 0 Å². The van der Waals surface area contributed by atoms with Crippen molar-refractivity contribution >= 4 is 46.4 Å². The zero-order valence-corrected chi connectivity index (χ0v) is 22.2. The van der Waals surface area contributed by atoms with Crippen LogP contribution >= 0.6 is 34.8 Å². The Kier molecular flexibility index (Phi) is 8.09. The molecule has 3 aromatic carbocycles. The lowest BCUT2D eigenvalue weighted by molar-refractivity contribution is 0.102. The SMILES string of the molecule is COc1ccc(C(=O)Nc2c(C)nn(Cc3c(Cl)cccc3Cl)c2C)cc1COc1ccc(Cl)cc1. The molecule has 4 rings (SSSR count). The van der Waals surface area contributed by atoms with Gasteiger partial charge in [-0.25, -0.2) is 0 Å². The van der Waals surface area contributed by atoms with Gasteiger partial charge in [0.1, 0.15) is 18.1 Å². The predicted octanol–water partition coefficient (Wildman–Crippen LogP) is 7.35. The highest BCUT2D eigenvalue weighted by molar-refractivity contribution is 6.36. The topological polar surface area (TPSA) is 65.4 Å². The highest BCUT2D eigenvalue weighted by atomic mass is 35.5. The molecule has 186 valence electrons. The summed E-state index contributed by atoms with van der Waals surface area (Å²) in [7, 11) is 1.58. The molecule has 0 fully saturated rings. The normalized spacial score (nSPS) is 10.8. The number of rotatable bonds is 8. The van der Waals surface area contributed by atoms with Gasteiger partial charge in [-0.2, -0.15) is 5.10 Å². The molecule has 1 aromatic heterocycles. The van der Waals surface area contributed by atoms with Gasteiger partial charge in [0.15, 0.2) is 0 Å². The zero-order valence-electron chi connectivity index (χ0n) is 19.9. The van der Waals surface area contributed by atoms with E-state index in [0.717, 1.165) is 16.8 Å². The maximum atomic E-state index is 13.2. The van der Waals surface area contributed by atoms with Crippen LogP contribution in [0, 0.1) is 13.8 Å². The van der Waals surface area contributed by atoms with E-state index in [1.165, 1.54) is 0 Å². The summed E-state index contributed by atoms with van der Waals surface area (Å²) in [5, 5.41) is 9.33. The molecule has 0 spiro atoms. The molecule has 36 heavy (non-hydrogen) atoms. The zero-order chi connectivity index (χ0) is 25.8. The second-order valence-corrected chi connectivity index (χ2v) is 9.38. The minimum atomic E-state index is -0.271. The third kappa shape index (κ3) is 5.78.